The molecular weight excluding hydrogens is 276 g/mol. The highest BCUT2D eigenvalue weighted by Gasteiger charge is 2.13. The summed E-state index contributed by atoms with van der Waals surface area (Å²) in [4.78, 5) is 23.0. The van der Waals surface area contributed by atoms with Gasteiger partial charge in [-0.25, -0.2) is 0 Å². The van der Waals surface area contributed by atoms with Gasteiger partial charge in [-0.2, -0.15) is 0 Å². The number of aryl methyl sites for hydroxylation is 1. The Morgan fingerprint density at radius 1 is 0.955 bits per heavy atom. The third kappa shape index (κ3) is 3.45. The van der Waals surface area contributed by atoms with Crippen molar-refractivity contribution < 1.29 is 9.59 Å². The molecule has 0 radical (unpaired) electrons. The molecule has 2 rings (SSSR count). The van der Waals surface area contributed by atoms with Crippen molar-refractivity contribution in [2.24, 2.45) is 11.5 Å². The fourth-order valence-electron chi connectivity index (χ4n) is 2.78. The standard InChI is InChI=1S/C18H22N2O2/c1-2-3-4-5-6-15-14-9-8-13(17(19)21)11-12(14)7-10-16(15)18(20)22/h7-11H,2-6H2,1H3,(H2,19,21)(H2,20,22). The van der Waals surface area contributed by atoms with Crippen molar-refractivity contribution in [3.05, 3.63) is 47.0 Å². The molecule has 22 heavy (non-hydrogen) atoms. The zero-order chi connectivity index (χ0) is 16.1. The molecule has 4 N–H and O–H groups in total. The molecule has 2 aromatic carbocycles. The fraction of sp³-hybridized carbons (Fsp3) is 0.333. The normalized spacial score (nSPS) is 10.8. The van der Waals surface area contributed by atoms with E-state index in [4.69, 9.17) is 11.5 Å². The number of rotatable bonds is 7. The maximum Gasteiger partial charge on any atom is 0.248 e. The van der Waals surface area contributed by atoms with E-state index in [9.17, 15) is 9.59 Å². The van der Waals surface area contributed by atoms with E-state index in [0.717, 1.165) is 35.6 Å². The molecule has 0 aliphatic rings. The van der Waals surface area contributed by atoms with Crippen LogP contribution in [-0.2, 0) is 6.42 Å². The maximum absolute atomic E-state index is 11.7. The van der Waals surface area contributed by atoms with E-state index in [2.05, 4.69) is 6.92 Å². The van der Waals surface area contributed by atoms with E-state index in [-0.39, 0.29) is 0 Å². The number of carbonyl (C=O) groups excluding carboxylic acids is 2. The minimum absolute atomic E-state index is 0.411. The van der Waals surface area contributed by atoms with Crippen LogP contribution in [0.3, 0.4) is 0 Å². The molecule has 0 aliphatic carbocycles. The van der Waals surface area contributed by atoms with Gasteiger partial charge in [0.05, 0.1) is 0 Å². The molecule has 0 saturated heterocycles. The summed E-state index contributed by atoms with van der Waals surface area (Å²) in [7, 11) is 0. The van der Waals surface area contributed by atoms with E-state index in [1.54, 1.807) is 18.2 Å². The van der Waals surface area contributed by atoms with E-state index in [1.807, 2.05) is 12.1 Å². The summed E-state index contributed by atoms with van der Waals surface area (Å²) in [5.41, 5.74) is 12.8. The molecule has 0 saturated carbocycles. The van der Waals surface area contributed by atoms with Gasteiger partial charge >= 0.3 is 0 Å². The van der Waals surface area contributed by atoms with Gasteiger partial charge in [0.2, 0.25) is 11.8 Å². The molecule has 116 valence electrons. The minimum Gasteiger partial charge on any atom is -0.366 e. The molecule has 0 fully saturated rings. The Bertz CT molecular complexity index is 708. The van der Waals surface area contributed by atoms with Crippen molar-refractivity contribution in [3.63, 3.8) is 0 Å². The van der Waals surface area contributed by atoms with Gasteiger partial charge in [0.25, 0.3) is 0 Å². The minimum atomic E-state index is -0.453. The second-order valence-corrected chi connectivity index (χ2v) is 5.57. The molecule has 0 heterocycles. The van der Waals surface area contributed by atoms with Gasteiger partial charge in [-0.3, -0.25) is 9.59 Å². The third-order valence-corrected chi connectivity index (χ3v) is 3.96. The monoisotopic (exact) mass is 298 g/mol. The number of unbranched alkanes of at least 4 members (excludes halogenated alkanes) is 3. The Labute approximate surface area is 130 Å². The lowest BCUT2D eigenvalue weighted by Crippen LogP contribution is -2.14. The first kappa shape index (κ1) is 16.0. The van der Waals surface area contributed by atoms with Crippen molar-refractivity contribution in [1.82, 2.24) is 0 Å². The van der Waals surface area contributed by atoms with Crippen LogP contribution < -0.4 is 11.5 Å². The van der Waals surface area contributed by atoms with Crippen molar-refractivity contribution >= 4 is 22.6 Å². The SMILES string of the molecule is CCCCCCc1c(C(N)=O)ccc2cc(C(N)=O)ccc12. The number of nitrogens with two attached hydrogens (primary N) is 2. The number of carbonyl (C=O) groups is 2. The van der Waals surface area contributed by atoms with E-state index < -0.39 is 11.8 Å². The topological polar surface area (TPSA) is 86.2 Å². The summed E-state index contributed by atoms with van der Waals surface area (Å²) in [5, 5.41) is 1.88. The van der Waals surface area contributed by atoms with Crippen LogP contribution in [0.2, 0.25) is 0 Å². The Hall–Kier alpha value is -2.36. The summed E-state index contributed by atoms with van der Waals surface area (Å²) in [5.74, 6) is -0.864. The molecule has 0 spiro atoms. The maximum atomic E-state index is 11.7. The highest BCUT2D eigenvalue weighted by atomic mass is 16.1. The van der Waals surface area contributed by atoms with Crippen molar-refractivity contribution in [3.8, 4) is 0 Å². The average Bonchev–Trinajstić information content (AvgIpc) is 2.50. The first-order valence-corrected chi connectivity index (χ1v) is 7.69. The van der Waals surface area contributed by atoms with Crippen LogP contribution in [0.25, 0.3) is 10.8 Å². The van der Waals surface area contributed by atoms with Gasteiger partial charge in [0.1, 0.15) is 0 Å². The summed E-state index contributed by atoms with van der Waals surface area (Å²) < 4.78 is 0. The van der Waals surface area contributed by atoms with Gasteiger partial charge in [-0.05, 0) is 47.4 Å². The zero-order valence-electron chi connectivity index (χ0n) is 12.9. The molecule has 2 amide bonds. The molecule has 0 atom stereocenters. The number of primary amides is 2. The van der Waals surface area contributed by atoms with Gasteiger partial charge < -0.3 is 11.5 Å². The van der Waals surface area contributed by atoms with Crippen molar-refractivity contribution in [2.45, 2.75) is 39.0 Å². The number of amides is 2. The Morgan fingerprint density at radius 3 is 2.36 bits per heavy atom. The summed E-state index contributed by atoms with van der Waals surface area (Å²) in [6, 6.07) is 8.88. The molecule has 0 unspecified atom stereocenters. The quantitative estimate of drug-likeness (QED) is 0.769. The van der Waals surface area contributed by atoms with Gasteiger partial charge in [0.15, 0.2) is 0 Å². The largest absolute Gasteiger partial charge is 0.366 e. The molecule has 2 aromatic rings. The first-order chi connectivity index (χ1) is 10.5. The summed E-state index contributed by atoms with van der Waals surface area (Å²) in [6.07, 6.45) is 5.31. The van der Waals surface area contributed by atoms with Crippen LogP contribution in [0.4, 0.5) is 0 Å². The van der Waals surface area contributed by atoms with Crippen molar-refractivity contribution in [1.29, 1.82) is 0 Å². The molecule has 4 heteroatoms. The van der Waals surface area contributed by atoms with Crippen LogP contribution in [0.1, 0.15) is 58.9 Å². The molecule has 0 aliphatic heterocycles. The van der Waals surface area contributed by atoms with Gasteiger partial charge in [0, 0.05) is 11.1 Å². The first-order valence-electron chi connectivity index (χ1n) is 7.69. The summed E-state index contributed by atoms with van der Waals surface area (Å²) >= 11 is 0. The molecule has 4 nitrogen and oxygen atoms in total. The Morgan fingerprint density at radius 2 is 1.73 bits per heavy atom. The number of hydrogen-bond acceptors (Lipinski definition) is 2. The van der Waals surface area contributed by atoms with Crippen LogP contribution in [-0.4, -0.2) is 11.8 Å². The van der Waals surface area contributed by atoms with Gasteiger partial charge in [-0.15, -0.1) is 0 Å². The third-order valence-electron chi connectivity index (χ3n) is 3.96. The predicted molar refractivity (Wildman–Crippen MR) is 88.8 cm³/mol. The lowest BCUT2D eigenvalue weighted by Gasteiger charge is -2.12. The van der Waals surface area contributed by atoms with E-state index in [0.29, 0.717) is 11.1 Å². The zero-order valence-corrected chi connectivity index (χ0v) is 12.9. The Kier molecular flexibility index (Phi) is 5.15. The van der Waals surface area contributed by atoms with E-state index in [1.165, 1.54) is 12.8 Å². The molecule has 0 aromatic heterocycles. The predicted octanol–water partition coefficient (Wildman–Crippen LogP) is 3.16. The second-order valence-electron chi connectivity index (χ2n) is 5.57. The smallest absolute Gasteiger partial charge is 0.248 e. The van der Waals surface area contributed by atoms with Gasteiger partial charge in [-0.1, -0.05) is 38.3 Å². The number of benzene rings is 2. The number of fused-ring (bicyclic) bond motifs is 1. The average molecular weight is 298 g/mol. The highest BCUT2D eigenvalue weighted by Crippen LogP contribution is 2.25. The number of hydrogen-bond donors (Lipinski definition) is 2. The van der Waals surface area contributed by atoms with E-state index >= 15 is 0 Å². The second kappa shape index (κ2) is 7.07. The fourth-order valence-corrected chi connectivity index (χ4v) is 2.78. The van der Waals surface area contributed by atoms with Crippen LogP contribution >= 0.6 is 0 Å². The Balaban J connectivity index is 2.45. The van der Waals surface area contributed by atoms with Crippen molar-refractivity contribution in [2.75, 3.05) is 0 Å². The lowest BCUT2D eigenvalue weighted by molar-refractivity contribution is 0.0991. The lowest BCUT2D eigenvalue weighted by atomic mass is 9.93. The van der Waals surface area contributed by atoms with Crippen LogP contribution in [0, 0.1) is 0 Å². The molecular formula is C18H22N2O2. The molecule has 0 bridgehead atoms. The highest BCUT2D eigenvalue weighted by molar-refractivity contribution is 6.03. The van der Waals surface area contributed by atoms with Crippen LogP contribution in [0.5, 0.6) is 0 Å². The van der Waals surface area contributed by atoms with Crippen LogP contribution in [0.15, 0.2) is 30.3 Å². The summed E-state index contributed by atoms with van der Waals surface area (Å²) in [6.45, 7) is 2.16.